The zero-order chi connectivity index (χ0) is 9.19. The fourth-order valence-electron chi connectivity index (χ4n) is 2.34. The number of hydrogen-bond donors (Lipinski definition) is 1. The van der Waals surface area contributed by atoms with Crippen LogP contribution in [0, 0.1) is 11.8 Å². The zero-order valence-corrected chi connectivity index (χ0v) is 8.47. The minimum absolute atomic E-state index is 0.0301. The Morgan fingerprint density at radius 3 is 2.50 bits per heavy atom. The molecule has 0 saturated heterocycles. The Bertz CT molecular complexity index is 143. The van der Waals surface area contributed by atoms with Crippen LogP contribution in [0.2, 0.25) is 0 Å². The van der Waals surface area contributed by atoms with Crippen molar-refractivity contribution in [1.29, 1.82) is 0 Å². The van der Waals surface area contributed by atoms with Crippen molar-refractivity contribution in [3.8, 4) is 0 Å². The standard InChI is InChI=1S/C10H21NO/c1-8-4-5-9(2)10(6-8,7-11)12-3/h8-9H,4-7,11H2,1-3H3. The summed E-state index contributed by atoms with van der Waals surface area (Å²) in [6.07, 6.45) is 3.71. The predicted octanol–water partition coefficient (Wildman–Crippen LogP) is 1.79. The summed E-state index contributed by atoms with van der Waals surface area (Å²) in [6.45, 7) is 5.20. The summed E-state index contributed by atoms with van der Waals surface area (Å²) in [5, 5.41) is 0. The average Bonchev–Trinajstić information content (AvgIpc) is 2.09. The van der Waals surface area contributed by atoms with Gasteiger partial charge in [-0.25, -0.2) is 0 Å². The second kappa shape index (κ2) is 3.75. The van der Waals surface area contributed by atoms with Crippen LogP contribution in [0.3, 0.4) is 0 Å². The molecule has 1 rings (SSSR count). The Balaban J connectivity index is 2.68. The second-order valence-electron chi connectivity index (χ2n) is 4.26. The van der Waals surface area contributed by atoms with E-state index in [9.17, 15) is 0 Å². The number of methoxy groups -OCH3 is 1. The monoisotopic (exact) mass is 171 g/mol. The molecule has 0 bridgehead atoms. The molecule has 1 aliphatic carbocycles. The van der Waals surface area contributed by atoms with E-state index in [-0.39, 0.29) is 5.60 Å². The molecule has 1 fully saturated rings. The third-order valence-corrected chi connectivity index (χ3v) is 3.44. The summed E-state index contributed by atoms with van der Waals surface area (Å²) in [5.41, 5.74) is 5.75. The zero-order valence-electron chi connectivity index (χ0n) is 8.47. The van der Waals surface area contributed by atoms with Crippen LogP contribution < -0.4 is 5.73 Å². The lowest BCUT2D eigenvalue weighted by Gasteiger charge is -2.43. The Morgan fingerprint density at radius 2 is 2.08 bits per heavy atom. The van der Waals surface area contributed by atoms with Crippen molar-refractivity contribution >= 4 is 0 Å². The molecule has 0 aromatic heterocycles. The van der Waals surface area contributed by atoms with Crippen molar-refractivity contribution in [2.45, 2.75) is 38.7 Å². The fraction of sp³-hybridized carbons (Fsp3) is 1.00. The maximum absolute atomic E-state index is 5.78. The van der Waals surface area contributed by atoms with Crippen LogP contribution in [0.5, 0.6) is 0 Å². The van der Waals surface area contributed by atoms with Crippen LogP contribution >= 0.6 is 0 Å². The van der Waals surface area contributed by atoms with Gasteiger partial charge in [0.05, 0.1) is 5.60 Å². The SMILES string of the molecule is COC1(CN)CC(C)CCC1C. The van der Waals surface area contributed by atoms with Crippen molar-refractivity contribution < 1.29 is 4.74 Å². The molecule has 0 radical (unpaired) electrons. The number of ether oxygens (including phenoxy) is 1. The molecule has 2 nitrogen and oxygen atoms in total. The molecule has 0 aliphatic heterocycles. The van der Waals surface area contributed by atoms with Gasteiger partial charge in [0, 0.05) is 13.7 Å². The van der Waals surface area contributed by atoms with E-state index in [4.69, 9.17) is 10.5 Å². The van der Waals surface area contributed by atoms with Gasteiger partial charge >= 0.3 is 0 Å². The number of rotatable bonds is 2. The van der Waals surface area contributed by atoms with Gasteiger partial charge in [-0.05, 0) is 24.7 Å². The van der Waals surface area contributed by atoms with Crippen LogP contribution in [0.4, 0.5) is 0 Å². The Morgan fingerprint density at radius 1 is 1.42 bits per heavy atom. The van der Waals surface area contributed by atoms with E-state index in [1.54, 1.807) is 7.11 Å². The third kappa shape index (κ3) is 1.64. The molecule has 3 unspecified atom stereocenters. The maximum atomic E-state index is 5.78. The summed E-state index contributed by atoms with van der Waals surface area (Å²) < 4.78 is 5.59. The lowest BCUT2D eigenvalue weighted by molar-refractivity contribution is -0.0822. The largest absolute Gasteiger partial charge is 0.377 e. The molecule has 0 amide bonds. The van der Waals surface area contributed by atoms with Crippen LogP contribution in [-0.4, -0.2) is 19.3 Å². The summed E-state index contributed by atoms with van der Waals surface area (Å²) in [4.78, 5) is 0. The van der Waals surface area contributed by atoms with Gasteiger partial charge in [0.15, 0.2) is 0 Å². The lowest BCUT2D eigenvalue weighted by Crippen LogP contribution is -2.49. The van der Waals surface area contributed by atoms with E-state index in [0.29, 0.717) is 12.5 Å². The van der Waals surface area contributed by atoms with E-state index in [1.165, 1.54) is 12.8 Å². The molecule has 0 spiro atoms. The quantitative estimate of drug-likeness (QED) is 0.687. The first-order valence-electron chi connectivity index (χ1n) is 4.90. The minimum atomic E-state index is -0.0301. The van der Waals surface area contributed by atoms with Gasteiger partial charge in [0.25, 0.3) is 0 Å². The Kier molecular flexibility index (Phi) is 3.13. The van der Waals surface area contributed by atoms with Crippen LogP contribution in [0.25, 0.3) is 0 Å². The highest BCUT2D eigenvalue weighted by atomic mass is 16.5. The normalized spacial score (nSPS) is 43.0. The highest BCUT2D eigenvalue weighted by Gasteiger charge is 2.39. The first kappa shape index (κ1) is 10.0. The van der Waals surface area contributed by atoms with E-state index < -0.39 is 0 Å². The summed E-state index contributed by atoms with van der Waals surface area (Å²) >= 11 is 0. The topological polar surface area (TPSA) is 35.2 Å². The van der Waals surface area contributed by atoms with Crippen molar-refractivity contribution in [3.63, 3.8) is 0 Å². The molecule has 1 saturated carbocycles. The fourth-order valence-corrected chi connectivity index (χ4v) is 2.34. The molecule has 2 N–H and O–H groups in total. The molecule has 0 aromatic rings. The molecule has 12 heavy (non-hydrogen) atoms. The molecule has 3 atom stereocenters. The lowest BCUT2D eigenvalue weighted by atomic mass is 9.72. The van der Waals surface area contributed by atoms with Crippen LogP contribution in [0.1, 0.15) is 33.1 Å². The van der Waals surface area contributed by atoms with Crippen molar-refractivity contribution in [2.24, 2.45) is 17.6 Å². The highest BCUT2D eigenvalue weighted by Crippen LogP contribution is 2.38. The third-order valence-electron chi connectivity index (χ3n) is 3.44. The Hall–Kier alpha value is -0.0800. The van der Waals surface area contributed by atoms with Crippen LogP contribution in [-0.2, 0) is 4.74 Å². The van der Waals surface area contributed by atoms with Gasteiger partial charge in [0.2, 0.25) is 0 Å². The van der Waals surface area contributed by atoms with E-state index in [2.05, 4.69) is 13.8 Å². The average molecular weight is 171 g/mol. The molecule has 72 valence electrons. The molecule has 2 heteroatoms. The van der Waals surface area contributed by atoms with Crippen molar-refractivity contribution in [2.75, 3.05) is 13.7 Å². The van der Waals surface area contributed by atoms with E-state index in [1.807, 2.05) is 0 Å². The van der Waals surface area contributed by atoms with Gasteiger partial charge in [-0.1, -0.05) is 20.3 Å². The first-order chi connectivity index (χ1) is 5.64. The first-order valence-corrected chi connectivity index (χ1v) is 4.90. The van der Waals surface area contributed by atoms with Gasteiger partial charge in [-0.3, -0.25) is 0 Å². The van der Waals surface area contributed by atoms with Gasteiger partial charge in [-0.15, -0.1) is 0 Å². The maximum Gasteiger partial charge on any atom is 0.0828 e. The molecular formula is C10H21NO. The summed E-state index contributed by atoms with van der Waals surface area (Å²) in [6, 6.07) is 0. The predicted molar refractivity (Wildman–Crippen MR) is 51.0 cm³/mol. The molecule has 0 aromatic carbocycles. The van der Waals surface area contributed by atoms with Gasteiger partial charge in [0.1, 0.15) is 0 Å². The summed E-state index contributed by atoms with van der Waals surface area (Å²) in [7, 11) is 1.79. The number of nitrogens with two attached hydrogens (primary N) is 1. The van der Waals surface area contributed by atoms with Gasteiger partial charge < -0.3 is 10.5 Å². The Labute approximate surface area is 75.5 Å². The van der Waals surface area contributed by atoms with Crippen molar-refractivity contribution in [3.05, 3.63) is 0 Å². The molecule has 0 heterocycles. The van der Waals surface area contributed by atoms with E-state index in [0.717, 1.165) is 12.3 Å². The summed E-state index contributed by atoms with van der Waals surface area (Å²) in [5.74, 6) is 1.38. The van der Waals surface area contributed by atoms with E-state index >= 15 is 0 Å². The second-order valence-corrected chi connectivity index (χ2v) is 4.26. The van der Waals surface area contributed by atoms with Crippen LogP contribution in [0.15, 0.2) is 0 Å². The molecular weight excluding hydrogens is 150 g/mol. The van der Waals surface area contributed by atoms with Gasteiger partial charge in [-0.2, -0.15) is 0 Å². The smallest absolute Gasteiger partial charge is 0.0828 e. The molecule has 1 aliphatic rings. The number of hydrogen-bond acceptors (Lipinski definition) is 2. The minimum Gasteiger partial charge on any atom is -0.377 e. The van der Waals surface area contributed by atoms with Crippen molar-refractivity contribution in [1.82, 2.24) is 0 Å². The highest BCUT2D eigenvalue weighted by molar-refractivity contribution is 4.92.